The van der Waals surface area contributed by atoms with Crippen LogP contribution in [0.25, 0.3) is 0 Å². The molecule has 0 amide bonds. The molecule has 0 spiro atoms. The Morgan fingerprint density at radius 1 is 1.03 bits per heavy atom. The van der Waals surface area contributed by atoms with Crippen molar-refractivity contribution >= 4 is 50.5 Å². The van der Waals surface area contributed by atoms with Gasteiger partial charge >= 0.3 is 0 Å². The Morgan fingerprint density at radius 2 is 1.68 bits per heavy atom. The predicted molar refractivity (Wildman–Crippen MR) is 129 cm³/mol. The quantitative estimate of drug-likeness (QED) is 0.393. The molecule has 0 saturated heterocycles. The van der Waals surface area contributed by atoms with Crippen molar-refractivity contribution in [3.8, 4) is 5.75 Å². The predicted octanol–water partition coefficient (Wildman–Crippen LogP) is 6.43. The number of carbonyl (C=O) groups is 1. The average molecular weight is 499 g/mol. The molecule has 158 valence electrons. The van der Waals surface area contributed by atoms with Gasteiger partial charge in [-0.15, -0.1) is 5.10 Å². The van der Waals surface area contributed by atoms with Gasteiger partial charge in [-0.25, -0.2) is 5.01 Å². The topological polar surface area (TPSA) is 45.1 Å². The summed E-state index contributed by atoms with van der Waals surface area (Å²) in [6.07, 6.45) is -0.413. The summed E-state index contributed by atoms with van der Waals surface area (Å²) in [5.41, 5.74) is 2.58. The summed E-state index contributed by atoms with van der Waals surface area (Å²) in [5.74, 6) is 0.975. The number of Topliss-reactive ketones (excluding diaryl/α,β-unsaturated/α-hetero) is 1. The minimum absolute atomic E-state index is 0.127. The first-order chi connectivity index (χ1) is 15.0. The smallest absolute Gasteiger partial charge is 0.198 e. The first-order valence-electron chi connectivity index (χ1n) is 9.90. The third-order valence-corrected chi connectivity index (χ3v) is 5.70. The van der Waals surface area contributed by atoms with E-state index in [-0.39, 0.29) is 5.78 Å². The first kappa shape index (κ1) is 21.4. The van der Waals surface area contributed by atoms with Gasteiger partial charge in [0.25, 0.3) is 0 Å². The van der Waals surface area contributed by atoms with E-state index in [1.165, 1.54) is 6.92 Å². The third kappa shape index (κ3) is 4.31. The Hall–Kier alpha value is -2.83. The number of halogens is 2. The SMILES string of the molecule is CCOc1ccccc1[C@@H]1N(c2ccc(Cl)cc2)N=C(C(C)=O)N1c1ccc(Br)cc1. The highest BCUT2D eigenvalue weighted by Gasteiger charge is 2.40. The van der Waals surface area contributed by atoms with Gasteiger partial charge in [0, 0.05) is 27.7 Å². The van der Waals surface area contributed by atoms with Gasteiger partial charge in [-0.1, -0.05) is 45.7 Å². The number of nitrogens with zero attached hydrogens (tertiary/aromatic N) is 3. The van der Waals surface area contributed by atoms with Gasteiger partial charge in [-0.3, -0.25) is 9.69 Å². The second-order valence-electron chi connectivity index (χ2n) is 6.99. The fraction of sp³-hybridized carbons (Fsp3) is 0.167. The van der Waals surface area contributed by atoms with E-state index < -0.39 is 6.17 Å². The maximum Gasteiger partial charge on any atom is 0.198 e. The summed E-state index contributed by atoms with van der Waals surface area (Å²) >= 11 is 9.60. The molecule has 7 heteroatoms. The summed E-state index contributed by atoms with van der Waals surface area (Å²) in [6, 6.07) is 23.1. The zero-order chi connectivity index (χ0) is 22.0. The van der Waals surface area contributed by atoms with Gasteiger partial charge in [0.15, 0.2) is 17.8 Å². The van der Waals surface area contributed by atoms with Crippen molar-refractivity contribution in [1.29, 1.82) is 0 Å². The van der Waals surface area contributed by atoms with Gasteiger partial charge in [0.05, 0.1) is 12.3 Å². The molecule has 0 bridgehead atoms. The molecule has 31 heavy (non-hydrogen) atoms. The van der Waals surface area contributed by atoms with E-state index in [9.17, 15) is 4.79 Å². The molecule has 0 aliphatic carbocycles. The molecule has 1 aliphatic heterocycles. The monoisotopic (exact) mass is 497 g/mol. The molecular weight excluding hydrogens is 478 g/mol. The molecule has 3 aromatic carbocycles. The highest BCUT2D eigenvalue weighted by Crippen LogP contribution is 2.42. The second kappa shape index (κ2) is 9.12. The summed E-state index contributed by atoms with van der Waals surface area (Å²) in [6.45, 7) is 4.01. The number of rotatable bonds is 6. The summed E-state index contributed by atoms with van der Waals surface area (Å²) in [7, 11) is 0. The lowest BCUT2D eigenvalue weighted by Crippen LogP contribution is -2.38. The molecule has 0 unspecified atom stereocenters. The van der Waals surface area contributed by atoms with E-state index in [4.69, 9.17) is 21.4 Å². The van der Waals surface area contributed by atoms with E-state index in [2.05, 4.69) is 15.9 Å². The Labute approximate surface area is 195 Å². The van der Waals surface area contributed by atoms with Crippen LogP contribution in [-0.2, 0) is 4.79 Å². The Kier molecular flexibility index (Phi) is 6.30. The highest BCUT2D eigenvalue weighted by atomic mass is 79.9. The minimum atomic E-state index is -0.413. The lowest BCUT2D eigenvalue weighted by Gasteiger charge is -2.33. The van der Waals surface area contributed by atoms with E-state index >= 15 is 0 Å². The molecular formula is C24H21BrClN3O2. The van der Waals surface area contributed by atoms with Crippen molar-refractivity contribution in [3.05, 3.63) is 87.9 Å². The summed E-state index contributed by atoms with van der Waals surface area (Å²) < 4.78 is 6.89. The van der Waals surface area contributed by atoms with Crippen LogP contribution in [0.4, 0.5) is 11.4 Å². The Balaban J connectivity index is 1.92. The molecule has 0 fully saturated rings. The van der Waals surface area contributed by atoms with Crippen molar-refractivity contribution < 1.29 is 9.53 Å². The van der Waals surface area contributed by atoms with Crippen LogP contribution < -0.4 is 14.6 Å². The molecule has 4 rings (SSSR count). The fourth-order valence-corrected chi connectivity index (χ4v) is 3.97. The number of amidine groups is 1. The summed E-state index contributed by atoms with van der Waals surface area (Å²) in [4.78, 5) is 14.6. The van der Waals surface area contributed by atoms with Crippen LogP contribution in [0.1, 0.15) is 25.6 Å². The number of ether oxygens (including phenoxy) is 1. The van der Waals surface area contributed by atoms with E-state index in [0.717, 1.165) is 27.2 Å². The maximum absolute atomic E-state index is 12.7. The molecule has 1 heterocycles. The molecule has 5 nitrogen and oxygen atoms in total. The number of hydrogen-bond donors (Lipinski definition) is 0. The van der Waals surface area contributed by atoms with Gasteiger partial charge in [-0.05, 0) is 61.5 Å². The minimum Gasteiger partial charge on any atom is -0.493 e. The number of carbonyl (C=O) groups excluding carboxylic acids is 1. The average Bonchev–Trinajstić information content (AvgIpc) is 3.16. The van der Waals surface area contributed by atoms with E-state index in [1.54, 1.807) is 0 Å². The first-order valence-corrected chi connectivity index (χ1v) is 11.1. The molecule has 1 atom stereocenters. The molecule has 0 aromatic heterocycles. The largest absolute Gasteiger partial charge is 0.493 e. The lowest BCUT2D eigenvalue weighted by atomic mass is 10.1. The van der Waals surface area contributed by atoms with E-state index in [0.29, 0.717) is 17.5 Å². The van der Waals surface area contributed by atoms with Crippen molar-refractivity contribution in [1.82, 2.24) is 0 Å². The van der Waals surface area contributed by atoms with Crippen LogP contribution in [-0.4, -0.2) is 18.2 Å². The van der Waals surface area contributed by atoms with Crippen LogP contribution in [0.15, 0.2) is 82.4 Å². The van der Waals surface area contributed by atoms with Crippen LogP contribution in [0.3, 0.4) is 0 Å². The Morgan fingerprint density at radius 3 is 2.32 bits per heavy atom. The van der Waals surface area contributed by atoms with Gasteiger partial charge < -0.3 is 4.74 Å². The van der Waals surface area contributed by atoms with Crippen LogP contribution in [0, 0.1) is 0 Å². The standard InChI is InChI=1S/C24H21BrClN3O2/c1-3-31-22-7-5-4-6-21(22)24-28(19-12-8-17(25)9-13-19)23(16(2)30)27-29(24)20-14-10-18(26)11-15-20/h4-15,24H,3H2,1-2H3/t24-/m0/s1. The van der Waals surface area contributed by atoms with Crippen molar-refractivity contribution in [2.75, 3.05) is 16.5 Å². The maximum atomic E-state index is 12.7. The molecule has 0 saturated carbocycles. The summed E-state index contributed by atoms with van der Waals surface area (Å²) in [5, 5.41) is 7.22. The number of para-hydroxylation sites is 1. The zero-order valence-electron chi connectivity index (χ0n) is 17.1. The molecule has 0 radical (unpaired) electrons. The van der Waals surface area contributed by atoms with Crippen LogP contribution in [0.2, 0.25) is 5.02 Å². The van der Waals surface area contributed by atoms with Crippen LogP contribution >= 0.6 is 27.5 Å². The number of ketones is 1. The number of benzene rings is 3. The molecule has 1 aliphatic rings. The second-order valence-corrected chi connectivity index (χ2v) is 8.34. The van der Waals surface area contributed by atoms with E-state index in [1.807, 2.05) is 89.6 Å². The third-order valence-electron chi connectivity index (χ3n) is 4.91. The zero-order valence-corrected chi connectivity index (χ0v) is 19.5. The van der Waals surface area contributed by atoms with Crippen LogP contribution in [0.5, 0.6) is 5.75 Å². The highest BCUT2D eigenvalue weighted by molar-refractivity contribution is 9.10. The number of anilines is 2. The van der Waals surface area contributed by atoms with Crippen molar-refractivity contribution in [2.24, 2.45) is 5.10 Å². The lowest BCUT2D eigenvalue weighted by molar-refractivity contribution is -0.111. The Bertz CT molecular complexity index is 1120. The number of hydrogen-bond acceptors (Lipinski definition) is 5. The van der Waals surface area contributed by atoms with Gasteiger partial charge in [0.2, 0.25) is 0 Å². The molecule has 3 aromatic rings. The number of hydrazone groups is 1. The van der Waals surface area contributed by atoms with Crippen molar-refractivity contribution in [2.45, 2.75) is 20.0 Å². The van der Waals surface area contributed by atoms with Gasteiger partial charge in [0.1, 0.15) is 5.75 Å². The normalized spacial score (nSPS) is 15.7. The fourth-order valence-electron chi connectivity index (χ4n) is 3.58. The van der Waals surface area contributed by atoms with Crippen molar-refractivity contribution in [3.63, 3.8) is 0 Å². The molecule has 0 N–H and O–H groups in total. The van der Waals surface area contributed by atoms with Gasteiger partial charge in [-0.2, -0.15) is 0 Å².